The maximum Gasteiger partial charge on any atom is 0.115 e. The summed E-state index contributed by atoms with van der Waals surface area (Å²) in [7, 11) is 26.5. The Morgan fingerprint density at radius 2 is 1.30 bits per heavy atom. The number of fused-ring (bicyclic) bond motifs is 3. The quantitative estimate of drug-likeness (QED) is 0.285. The molecule has 0 spiro atoms. The van der Waals surface area contributed by atoms with Gasteiger partial charge in [-0.05, 0) is 102 Å². The zero-order chi connectivity index (χ0) is 26.9. The van der Waals surface area contributed by atoms with Gasteiger partial charge >= 0.3 is 0 Å². The molecule has 5 rings (SSSR count). The number of allylic oxidation sites excluding steroid dienone is 1. The highest BCUT2D eigenvalue weighted by molar-refractivity contribution is 7.80. The molecule has 0 saturated heterocycles. The second-order valence-corrected chi connectivity index (χ2v) is 10.7. The lowest BCUT2D eigenvalue weighted by molar-refractivity contribution is 1.24. The SMILES string of the molecule is [B]c1c([B])c(-c2c(C)c([B])c(-c3ccc(C(=C)C)c4c3Cc3ccccc3-4)c(S)c2C)c([B])c(C)c1C. The van der Waals surface area contributed by atoms with Crippen LogP contribution >= 0.6 is 12.6 Å². The Bertz CT molecular complexity index is 1600. The molecule has 0 unspecified atom stereocenters. The second kappa shape index (κ2) is 9.21. The molecule has 0 nitrogen and oxygen atoms in total. The molecule has 0 aromatic heterocycles. The van der Waals surface area contributed by atoms with Gasteiger partial charge in [0.15, 0.2) is 0 Å². The summed E-state index contributed by atoms with van der Waals surface area (Å²) >= 11 is 5.06. The minimum absolute atomic E-state index is 0.480. The summed E-state index contributed by atoms with van der Waals surface area (Å²) in [6.07, 6.45) is 0.835. The van der Waals surface area contributed by atoms with E-state index in [0.717, 1.165) is 61.4 Å². The first-order chi connectivity index (χ1) is 17.5. The fourth-order valence-electron chi connectivity index (χ4n) is 5.86. The molecule has 1 aliphatic carbocycles. The van der Waals surface area contributed by atoms with Crippen LogP contribution in [0, 0.1) is 27.7 Å². The van der Waals surface area contributed by atoms with Gasteiger partial charge in [-0.25, -0.2) is 0 Å². The van der Waals surface area contributed by atoms with Crippen LogP contribution in [0.2, 0.25) is 0 Å². The lowest BCUT2D eigenvalue weighted by Crippen LogP contribution is -2.38. The normalized spacial score (nSPS) is 11.9. The third-order valence-corrected chi connectivity index (χ3v) is 8.72. The monoisotopic (exact) mass is 486 g/mol. The number of benzene rings is 4. The molecule has 0 bridgehead atoms. The molecular weight excluding hydrogens is 460 g/mol. The van der Waals surface area contributed by atoms with Crippen LogP contribution in [0.15, 0.2) is 47.9 Å². The van der Waals surface area contributed by atoms with Gasteiger partial charge < -0.3 is 0 Å². The molecule has 0 aliphatic heterocycles. The Morgan fingerprint density at radius 1 is 0.676 bits per heavy atom. The first-order valence-electron chi connectivity index (χ1n) is 12.4. The van der Waals surface area contributed by atoms with Gasteiger partial charge in [0.25, 0.3) is 0 Å². The van der Waals surface area contributed by atoms with Gasteiger partial charge in [0, 0.05) is 4.90 Å². The molecule has 0 heterocycles. The van der Waals surface area contributed by atoms with Gasteiger partial charge in [-0.2, -0.15) is 0 Å². The summed E-state index contributed by atoms with van der Waals surface area (Å²) in [6, 6.07) is 12.9. The average Bonchev–Trinajstić information content (AvgIpc) is 3.27. The van der Waals surface area contributed by atoms with E-state index in [4.69, 9.17) is 44.0 Å². The largest absolute Gasteiger partial charge is 0.143 e. The molecule has 8 radical (unpaired) electrons. The van der Waals surface area contributed by atoms with E-state index in [1.54, 1.807) is 0 Å². The van der Waals surface area contributed by atoms with E-state index in [9.17, 15) is 0 Å². The zero-order valence-electron chi connectivity index (χ0n) is 22.1. The van der Waals surface area contributed by atoms with Crippen molar-refractivity contribution in [3.8, 4) is 33.4 Å². The van der Waals surface area contributed by atoms with Crippen molar-refractivity contribution >= 4 is 71.4 Å². The van der Waals surface area contributed by atoms with Crippen LogP contribution in [-0.2, 0) is 6.42 Å². The van der Waals surface area contributed by atoms with Crippen LogP contribution in [0.3, 0.4) is 0 Å². The smallest absolute Gasteiger partial charge is 0.115 e. The molecule has 0 N–H and O–H groups in total. The summed E-state index contributed by atoms with van der Waals surface area (Å²) in [6.45, 7) is 14.3. The zero-order valence-corrected chi connectivity index (χ0v) is 23.0. The highest BCUT2D eigenvalue weighted by atomic mass is 32.1. The van der Waals surface area contributed by atoms with Crippen LogP contribution in [0.4, 0.5) is 0 Å². The van der Waals surface area contributed by atoms with Crippen LogP contribution in [0.25, 0.3) is 39.0 Å². The lowest BCUT2D eigenvalue weighted by atomic mass is 9.65. The molecule has 37 heavy (non-hydrogen) atoms. The van der Waals surface area contributed by atoms with E-state index >= 15 is 0 Å². The van der Waals surface area contributed by atoms with E-state index < -0.39 is 0 Å². The van der Waals surface area contributed by atoms with Crippen LogP contribution in [0.1, 0.15) is 45.9 Å². The van der Waals surface area contributed by atoms with Crippen molar-refractivity contribution in [2.24, 2.45) is 0 Å². The molecule has 1 aliphatic rings. The van der Waals surface area contributed by atoms with Gasteiger partial charge in [0.2, 0.25) is 0 Å². The van der Waals surface area contributed by atoms with E-state index in [2.05, 4.69) is 56.8 Å². The van der Waals surface area contributed by atoms with E-state index in [0.29, 0.717) is 21.9 Å². The molecule has 0 saturated carbocycles. The number of thiol groups is 1. The highest BCUT2D eigenvalue weighted by Gasteiger charge is 2.28. The van der Waals surface area contributed by atoms with Crippen molar-refractivity contribution in [3.05, 3.63) is 81.9 Å². The molecule has 0 atom stereocenters. The fraction of sp³-hybridized carbons (Fsp3) is 0.188. The maximum absolute atomic E-state index is 6.95. The summed E-state index contributed by atoms with van der Waals surface area (Å²) in [5.41, 5.74) is 17.0. The van der Waals surface area contributed by atoms with E-state index in [1.807, 2.05) is 20.8 Å². The first-order valence-corrected chi connectivity index (χ1v) is 12.9. The third-order valence-electron chi connectivity index (χ3n) is 8.16. The molecular formula is C32H26B4S. The molecule has 5 heteroatoms. The Labute approximate surface area is 232 Å². The van der Waals surface area contributed by atoms with Gasteiger partial charge in [-0.3, -0.25) is 0 Å². The topological polar surface area (TPSA) is 0 Å². The average molecular weight is 486 g/mol. The standard InChI is InChI=1S/C32H26B4S/c1-14(2)20-11-12-22(23-13-19-9-7-8-10-21(19)25(20)23)26-29(34)17(5)24(18(6)32(26)37)27-28(33)15(3)16(4)30(35)31(27)36/h7-12,37H,1,13H2,2-6H3. The minimum Gasteiger partial charge on any atom is -0.143 e. The molecule has 4 aromatic carbocycles. The summed E-state index contributed by atoms with van der Waals surface area (Å²) in [5.74, 6) is 0. The first kappa shape index (κ1) is 25.9. The summed E-state index contributed by atoms with van der Waals surface area (Å²) in [5, 5.41) is 0. The van der Waals surface area contributed by atoms with Gasteiger partial charge in [-0.1, -0.05) is 81.5 Å². The third kappa shape index (κ3) is 3.73. The van der Waals surface area contributed by atoms with Crippen LogP contribution < -0.4 is 21.9 Å². The van der Waals surface area contributed by atoms with Gasteiger partial charge in [0.1, 0.15) is 31.4 Å². The number of hydrogen-bond acceptors (Lipinski definition) is 1. The van der Waals surface area contributed by atoms with Gasteiger partial charge in [0.05, 0.1) is 0 Å². The van der Waals surface area contributed by atoms with Crippen LogP contribution in [-0.4, -0.2) is 31.4 Å². The number of hydrogen-bond donors (Lipinski definition) is 1. The fourth-order valence-corrected chi connectivity index (χ4v) is 6.22. The molecule has 4 aromatic rings. The molecule has 172 valence electrons. The van der Waals surface area contributed by atoms with Crippen molar-refractivity contribution < 1.29 is 0 Å². The van der Waals surface area contributed by atoms with Gasteiger partial charge in [-0.15, -0.1) is 12.6 Å². The minimum atomic E-state index is 0.480. The number of rotatable bonds is 3. The lowest BCUT2D eigenvalue weighted by Gasteiger charge is -2.27. The predicted molar refractivity (Wildman–Crippen MR) is 168 cm³/mol. The Hall–Kier alpha value is -2.77. The molecule has 0 amide bonds. The predicted octanol–water partition coefficient (Wildman–Crippen LogP) is 4.32. The van der Waals surface area contributed by atoms with Crippen molar-refractivity contribution in [1.82, 2.24) is 0 Å². The Morgan fingerprint density at radius 3 is 1.97 bits per heavy atom. The summed E-state index contributed by atoms with van der Waals surface area (Å²) < 4.78 is 0. The molecule has 0 fully saturated rings. The van der Waals surface area contributed by atoms with Crippen molar-refractivity contribution in [2.45, 2.75) is 45.9 Å². The van der Waals surface area contributed by atoms with E-state index in [-0.39, 0.29) is 0 Å². The highest BCUT2D eigenvalue weighted by Crippen LogP contribution is 2.47. The Balaban J connectivity index is 1.83. The van der Waals surface area contributed by atoms with Crippen LogP contribution in [0.5, 0.6) is 0 Å². The summed E-state index contributed by atoms with van der Waals surface area (Å²) in [4.78, 5) is 0.815. The Kier molecular flexibility index (Phi) is 6.44. The van der Waals surface area contributed by atoms with Crippen molar-refractivity contribution in [2.75, 3.05) is 0 Å². The van der Waals surface area contributed by atoms with Crippen molar-refractivity contribution in [1.29, 1.82) is 0 Å². The van der Waals surface area contributed by atoms with Crippen molar-refractivity contribution in [3.63, 3.8) is 0 Å². The maximum atomic E-state index is 6.95. The second-order valence-electron chi connectivity index (χ2n) is 10.3. The van der Waals surface area contributed by atoms with E-state index in [1.165, 1.54) is 27.8 Å².